The minimum atomic E-state index is -0.340. The van der Waals surface area contributed by atoms with Crippen LogP contribution in [0.15, 0.2) is 35.6 Å². The second kappa shape index (κ2) is 6.01. The fourth-order valence-electron chi connectivity index (χ4n) is 1.94. The molecule has 1 heterocycles. The SMILES string of the molecule is C=C(Cl)c1cc(C)nn(-c2ccc(OC)c(OC)c2)c1=O. The highest BCUT2D eigenvalue weighted by Gasteiger charge is 2.12. The van der Waals surface area contributed by atoms with Crippen LogP contribution in [0.2, 0.25) is 0 Å². The van der Waals surface area contributed by atoms with Crippen LogP contribution in [0.3, 0.4) is 0 Å². The monoisotopic (exact) mass is 306 g/mol. The van der Waals surface area contributed by atoms with Crippen molar-refractivity contribution in [3.8, 4) is 17.2 Å². The number of rotatable bonds is 4. The summed E-state index contributed by atoms with van der Waals surface area (Å²) in [6, 6.07) is 6.71. The van der Waals surface area contributed by atoms with Crippen LogP contribution in [0.1, 0.15) is 11.3 Å². The molecule has 5 nitrogen and oxygen atoms in total. The van der Waals surface area contributed by atoms with E-state index < -0.39 is 0 Å². The van der Waals surface area contributed by atoms with Gasteiger partial charge in [-0.2, -0.15) is 9.78 Å². The first-order valence-corrected chi connectivity index (χ1v) is 6.54. The van der Waals surface area contributed by atoms with Gasteiger partial charge in [0.05, 0.1) is 31.2 Å². The first kappa shape index (κ1) is 15.1. The first-order valence-electron chi connectivity index (χ1n) is 6.16. The summed E-state index contributed by atoms with van der Waals surface area (Å²) in [4.78, 5) is 12.4. The number of aryl methyl sites for hydroxylation is 1. The molecule has 21 heavy (non-hydrogen) atoms. The second-order valence-electron chi connectivity index (χ2n) is 4.36. The van der Waals surface area contributed by atoms with Crippen molar-refractivity contribution in [1.82, 2.24) is 9.78 Å². The number of benzene rings is 1. The fraction of sp³-hybridized carbons (Fsp3) is 0.200. The fourth-order valence-corrected chi connectivity index (χ4v) is 2.08. The van der Waals surface area contributed by atoms with E-state index in [0.29, 0.717) is 28.4 Å². The molecule has 1 aromatic carbocycles. The van der Waals surface area contributed by atoms with Gasteiger partial charge in [-0.3, -0.25) is 4.79 Å². The zero-order valence-electron chi connectivity index (χ0n) is 12.0. The van der Waals surface area contributed by atoms with Gasteiger partial charge in [-0.15, -0.1) is 0 Å². The van der Waals surface area contributed by atoms with E-state index in [9.17, 15) is 4.79 Å². The maximum atomic E-state index is 12.4. The van der Waals surface area contributed by atoms with E-state index in [1.54, 1.807) is 38.3 Å². The minimum absolute atomic E-state index is 0.180. The number of ether oxygens (including phenoxy) is 2. The topological polar surface area (TPSA) is 53.4 Å². The third-order valence-electron chi connectivity index (χ3n) is 2.94. The van der Waals surface area contributed by atoms with Crippen LogP contribution in [-0.4, -0.2) is 24.0 Å². The molecule has 0 spiro atoms. The Labute approximate surface area is 127 Å². The van der Waals surface area contributed by atoms with E-state index >= 15 is 0 Å². The van der Waals surface area contributed by atoms with Crippen molar-refractivity contribution in [3.05, 3.63) is 52.5 Å². The van der Waals surface area contributed by atoms with Crippen molar-refractivity contribution < 1.29 is 9.47 Å². The van der Waals surface area contributed by atoms with Gasteiger partial charge in [-0.1, -0.05) is 18.2 Å². The number of nitrogens with zero attached hydrogens (tertiary/aromatic N) is 2. The van der Waals surface area contributed by atoms with Gasteiger partial charge >= 0.3 is 0 Å². The summed E-state index contributed by atoms with van der Waals surface area (Å²) in [7, 11) is 3.07. The van der Waals surface area contributed by atoms with Gasteiger partial charge in [0.25, 0.3) is 5.56 Å². The van der Waals surface area contributed by atoms with E-state index in [2.05, 4.69) is 11.7 Å². The minimum Gasteiger partial charge on any atom is -0.493 e. The van der Waals surface area contributed by atoms with Crippen LogP contribution in [0.5, 0.6) is 11.5 Å². The molecule has 0 saturated heterocycles. The normalized spacial score (nSPS) is 10.3. The average Bonchev–Trinajstić information content (AvgIpc) is 2.48. The second-order valence-corrected chi connectivity index (χ2v) is 4.82. The van der Waals surface area contributed by atoms with E-state index in [1.165, 1.54) is 11.8 Å². The van der Waals surface area contributed by atoms with E-state index in [-0.39, 0.29) is 10.6 Å². The molecule has 0 bridgehead atoms. The van der Waals surface area contributed by atoms with Crippen molar-refractivity contribution in [2.24, 2.45) is 0 Å². The Bertz CT molecular complexity index is 753. The summed E-state index contributed by atoms with van der Waals surface area (Å²) in [6.45, 7) is 5.38. The molecule has 6 heteroatoms. The Morgan fingerprint density at radius 3 is 2.48 bits per heavy atom. The zero-order chi connectivity index (χ0) is 15.6. The molecule has 0 radical (unpaired) electrons. The van der Waals surface area contributed by atoms with Crippen molar-refractivity contribution in [1.29, 1.82) is 0 Å². The van der Waals surface area contributed by atoms with Crippen molar-refractivity contribution in [2.45, 2.75) is 6.92 Å². The van der Waals surface area contributed by atoms with Gasteiger partial charge in [0.1, 0.15) is 0 Å². The maximum absolute atomic E-state index is 12.4. The molecular weight excluding hydrogens is 292 g/mol. The molecule has 2 aromatic rings. The molecule has 110 valence electrons. The lowest BCUT2D eigenvalue weighted by Gasteiger charge is -2.12. The summed E-state index contributed by atoms with van der Waals surface area (Å²) >= 11 is 5.87. The van der Waals surface area contributed by atoms with Gasteiger partial charge in [-0.05, 0) is 25.1 Å². The van der Waals surface area contributed by atoms with Crippen molar-refractivity contribution in [3.63, 3.8) is 0 Å². The van der Waals surface area contributed by atoms with Gasteiger partial charge in [0.15, 0.2) is 11.5 Å². The number of methoxy groups -OCH3 is 2. The number of hydrogen-bond donors (Lipinski definition) is 0. The molecule has 0 atom stereocenters. The lowest BCUT2D eigenvalue weighted by molar-refractivity contribution is 0.354. The molecule has 1 aromatic heterocycles. The number of aromatic nitrogens is 2. The summed E-state index contributed by atoms with van der Waals surface area (Å²) < 4.78 is 11.7. The summed E-state index contributed by atoms with van der Waals surface area (Å²) in [5, 5.41) is 4.41. The van der Waals surface area contributed by atoms with E-state index in [0.717, 1.165) is 0 Å². The highest BCUT2D eigenvalue weighted by molar-refractivity contribution is 6.48. The van der Waals surface area contributed by atoms with Crippen LogP contribution >= 0.6 is 11.6 Å². The molecule has 0 fully saturated rings. The quantitative estimate of drug-likeness (QED) is 0.871. The van der Waals surface area contributed by atoms with Crippen molar-refractivity contribution in [2.75, 3.05) is 14.2 Å². The molecular formula is C15H15ClN2O3. The first-order chi connectivity index (χ1) is 9.97. The molecule has 0 aliphatic rings. The van der Waals surface area contributed by atoms with Crippen LogP contribution < -0.4 is 15.0 Å². The lowest BCUT2D eigenvalue weighted by Crippen LogP contribution is -2.24. The number of halogens is 1. The zero-order valence-corrected chi connectivity index (χ0v) is 12.8. The molecule has 0 aliphatic heterocycles. The predicted molar refractivity (Wildman–Crippen MR) is 82.6 cm³/mol. The van der Waals surface area contributed by atoms with Crippen LogP contribution in [0, 0.1) is 6.92 Å². The molecule has 0 saturated carbocycles. The van der Waals surface area contributed by atoms with Crippen LogP contribution in [-0.2, 0) is 0 Å². The third kappa shape index (κ3) is 2.92. The standard InChI is InChI=1S/C15H15ClN2O3/c1-9-7-12(10(2)16)15(19)18(17-9)11-5-6-13(20-3)14(8-11)21-4/h5-8H,2H2,1,3-4H3. The van der Waals surface area contributed by atoms with E-state index in [1.807, 2.05) is 0 Å². The molecule has 0 unspecified atom stereocenters. The van der Waals surface area contributed by atoms with E-state index in [4.69, 9.17) is 21.1 Å². The Morgan fingerprint density at radius 1 is 1.24 bits per heavy atom. The summed E-state index contributed by atoms with van der Waals surface area (Å²) in [6.07, 6.45) is 0. The molecule has 2 rings (SSSR count). The summed E-state index contributed by atoms with van der Waals surface area (Å²) in [5.74, 6) is 1.08. The Balaban J connectivity index is 2.67. The summed E-state index contributed by atoms with van der Waals surface area (Å²) in [5.41, 5.74) is 1.19. The van der Waals surface area contributed by atoms with Gasteiger partial charge in [0.2, 0.25) is 0 Å². The Hall–Kier alpha value is -2.27. The smallest absolute Gasteiger partial charge is 0.280 e. The molecule has 0 N–H and O–H groups in total. The Kier molecular flexibility index (Phi) is 4.33. The third-order valence-corrected chi connectivity index (χ3v) is 3.14. The van der Waals surface area contributed by atoms with Crippen LogP contribution in [0.4, 0.5) is 0 Å². The van der Waals surface area contributed by atoms with Gasteiger partial charge < -0.3 is 9.47 Å². The Morgan fingerprint density at radius 2 is 1.90 bits per heavy atom. The molecule has 0 amide bonds. The number of hydrogen-bond acceptors (Lipinski definition) is 4. The van der Waals surface area contributed by atoms with Gasteiger partial charge in [-0.25, -0.2) is 0 Å². The highest BCUT2D eigenvalue weighted by Crippen LogP contribution is 2.28. The predicted octanol–water partition coefficient (Wildman–Crippen LogP) is 2.77. The average molecular weight is 307 g/mol. The van der Waals surface area contributed by atoms with Crippen molar-refractivity contribution >= 4 is 16.6 Å². The highest BCUT2D eigenvalue weighted by atomic mass is 35.5. The lowest BCUT2D eigenvalue weighted by atomic mass is 10.2. The molecule has 0 aliphatic carbocycles. The largest absolute Gasteiger partial charge is 0.493 e. The van der Waals surface area contributed by atoms with Crippen LogP contribution in [0.25, 0.3) is 10.7 Å². The maximum Gasteiger partial charge on any atom is 0.280 e. The van der Waals surface area contributed by atoms with Gasteiger partial charge in [0, 0.05) is 11.1 Å².